The molecule has 1 saturated heterocycles. The quantitative estimate of drug-likeness (QED) is 0.207. The van der Waals surface area contributed by atoms with Crippen molar-refractivity contribution in [3.63, 3.8) is 0 Å². The minimum absolute atomic E-state index is 0.0519. The van der Waals surface area contributed by atoms with Crippen LogP contribution in [-0.2, 0) is 9.59 Å². The van der Waals surface area contributed by atoms with Gasteiger partial charge < -0.3 is 38.6 Å². The topological polar surface area (TPSA) is 107 Å². The number of hydrogen-bond donors (Lipinski definition) is 1. The van der Waals surface area contributed by atoms with E-state index in [1.165, 1.54) is 26.2 Å². The fourth-order valence-corrected chi connectivity index (χ4v) is 4.88. The van der Waals surface area contributed by atoms with Gasteiger partial charge in [0.05, 0.1) is 51.7 Å². The van der Waals surface area contributed by atoms with Crippen molar-refractivity contribution in [2.24, 2.45) is 0 Å². The van der Waals surface area contributed by atoms with Crippen molar-refractivity contribution < 1.29 is 38.4 Å². The zero-order valence-corrected chi connectivity index (χ0v) is 24.4. The number of likely N-dealkylation sites (tertiary alicyclic amines) is 1. The van der Waals surface area contributed by atoms with E-state index in [1.54, 1.807) is 30.3 Å². The standard InChI is InChI=1S/C30H40N2O8/c1-8-31(9-2)14-15-32-26(19-16-23(36-5)29(38-7)24(17-19)37-6)25(28(34)30(32)35)27(33)21-13-12-20(39-10-3)18-22(21)40-11-4/h12-13,16-18,26,33H,8-11,14-15H2,1-7H3/b27-25+. The lowest BCUT2D eigenvalue weighted by Gasteiger charge is -2.29. The summed E-state index contributed by atoms with van der Waals surface area (Å²) in [5.41, 5.74) is 0.757. The molecule has 1 unspecified atom stereocenters. The number of methoxy groups -OCH3 is 3. The molecule has 0 aromatic heterocycles. The van der Waals surface area contributed by atoms with Crippen LogP contribution in [-0.4, -0.2) is 87.3 Å². The molecule has 1 N–H and O–H groups in total. The molecule has 1 atom stereocenters. The lowest BCUT2D eigenvalue weighted by Crippen LogP contribution is -2.38. The Morgan fingerprint density at radius 2 is 1.50 bits per heavy atom. The number of likely N-dealkylation sites (N-methyl/N-ethyl adjacent to an activating group) is 1. The van der Waals surface area contributed by atoms with Crippen molar-refractivity contribution in [1.29, 1.82) is 0 Å². The van der Waals surface area contributed by atoms with E-state index in [4.69, 9.17) is 23.7 Å². The van der Waals surface area contributed by atoms with E-state index in [-0.39, 0.29) is 23.4 Å². The van der Waals surface area contributed by atoms with Crippen LogP contribution in [0.4, 0.5) is 0 Å². The Labute approximate surface area is 236 Å². The van der Waals surface area contributed by atoms with Crippen LogP contribution in [0.5, 0.6) is 28.7 Å². The monoisotopic (exact) mass is 556 g/mol. The maximum Gasteiger partial charge on any atom is 0.295 e. The molecule has 1 amide bonds. The number of Topliss-reactive ketones (excluding diaryl/α,β-unsaturated/α-hetero) is 1. The van der Waals surface area contributed by atoms with Gasteiger partial charge in [0.2, 0.25) is 5.75 Å². The maximum atomic E-state index is 13.6. The van der Waals surface area contributed by atoms with Crippen LogP contribution in [0.25, 0.3) is 5.76 Å². The van der Waals surface area contributed by atoms with Crippen molar-refractivity contribution in [1.82, 2.24) is 9.80 Å². The second-order valence-corrected chi connectivity index (χ2v) is 9.00. The van der Waals surface area contributed by atoms with Crippen LogP contribution in [0, 0.1) is 0 Å². The molecule has 1 aliphatic rings. The molecule has 40 heavy (non-hydrogen) atoms. The van der Waals surface area contributed by atoms with E-state index in [1.807, 2.05) is 27.7 Å². The van der Waals surface area contributed by atoms with Crippen molar-refractivity contribution in [2.75, 3.05) is 60.7 Å². The number of carbonyl (C=O) groups excluding carboxylic acids is 2. The highest BCUT2D eigenvalue weighted by molar-refractivity contribution is 6.46. The number of ketones is 1. The van der Waals surface area contributed by atoms with Crippen LogP contribution < -0.4 is 23.7 Å². The molecule has 0 saturated carbocycles. The Bertz CT molecular complexity index is 1210. The molecule has 3 rings (SSSR count). The third-order valence-corrected chi connectivity index (χ3v) is 6.91. The minimum Gasteiger partial charge on any atom is -0.507 e. The number of hydrogen-bond acceptors (Lipinski definition) is 9. The Balaban J connectivity index is 2.27. The Morgan fingerprint density at radius 1 is 0.875 bits per heavy atom. The normalized spacial score (nSPS) is 16.4. The summed E-state index contributed by atoms with van der Waals surface area (Å²) in [5, 5.41) is 11.7. The summed E-state index contributed by atoms with van der Waals surface area (Å²) in [5.74, 6) is 0.174. The van der Waals surface area contributed by atoms with E-state index in [9.17, 15) is 14.7 Å². The highest BCUT2D eigenvalue weighted by atomic mass is 16.5. The van der Waals surface area contributed by atoms with Gasteiger partial charge in [-0.3, -0.25) is 9.59 Å². The molecular weight excluding hydrogens is 516 g/mol. The Hall–Kier alpha value is -3.92. The van der Waals surface area contributed by atoms with Gasteiger partial charge in [-0.25, -0.2) is 0 Å². The number of carbonyl (C=O) groups is 2. The molecule has 0 aliphatic carbocycles. The molecule has 1 fully saturated rings. The second-order valence-electron chi connectivity index (χ2n) is 9.00. The predicted molar refractivity (Wildman–Crippen MR) is 152 cm³/mol. The molecule has 10 nitrogen and oxygen atoms in total. The largest absolute Gasteiger partial charge is 0.507 e. The number of aliphatic hydroxyl groups excluding tert-OH is 1. The number of amides is 1. The zero-order valence-electron chi connectivity index (χ0n) is 24.4. The number of benzene rings is 2. The Morgan fingerprint density at radius 3 is 2.02 bits per heavy atom. The van der Waals surface area contributed by atoms with E-state index in [0.717, 1.165) is 13.1 Å². The van der Waals surface area contributed by atoms with Gasteiger partial charge in [-0.2, -0.15) is 0 Å². The summed E-state index contributed by atoms with van der Waals surface area (Å²) in [6.45, 7) is 10.9. The average Bonchev–Trinajstić information content (AvgIpc) is 3.22. The van der Waals surface area contributed by atoms with E-state index in [2.05, 4.69) is 4.90 Å². The maximum absolute atomic E-state index is 13.6. The molecule has 1 heterocycles. The molecule has 2 aromatic rings. The highest BCUT2D eigenvalue weighted by Gasteiger charge is 2.46. The van der Waals surface area contributed by atoms with Gasteiger partial charge in [-0.15, -0.1) is 0 Å². The van der Waals surface area contributed by atoms with Crippen molar-refractivity contribution in [3.8, 4) is 28.7 Å². The van der Waals surface area contributed by atoms with Crippen molar-refractivity contribution in [2.45, 2.75) is 33.7 Å². The fourth-order valence-electron chi connectivity index (χ4n) is 4.88. The first-order valence-corrected chi connectivity index (χ1v) is 13.5. The number of ether oxygens (including phenoxy) is 5. The molecule has 1 aliphatic heterocycles. The molecule has 0 bridgehead atoms. The lowest BCUT2D eigenvalue weighted by atomic mass is 9.94. The first kappa shape index (κ1) is 30.6. The Kier molecular flexibility index (Phi) is 10.7. The summed E-state index contributed by atoms with van der Waals surface area (Å²) in [6.07, 6.45) is 0. The van der Waals surface area contributed by atoms with Crippen molar-refractivity contribution >= 4 is 17.4 Å². The lowest BCUT2D eigenvalue weighted by molar-refractivity contribution is -0.140. The van der Waals surface area contributed by atoms with E-state index in [0.29, 0.717) is 54.1 Å². The minimum atomic E-state index is -0.912. The molecule has 218 valence electrons. The third-order valence-electron chi connectivity index (χ3n) is 6.91. The van der Waals surface area contributed by atoms with Crippen LogP contribution in [0.1, 0.15) is 44.9 Å². The molecular formula is C30H40N2O8. The third kappa shape index (κ3) is 6.12. The first-order chi connectivity index (χ1) is 19.3. The predicted octanol–water partition coefficient (Wildman–Crippen LogP) is 4.27. The van der Waals surface area contributed by atoms with Gasteiger partial charge >= 0.3 is 0 Å². The van der Waals surface area contributed by atoms with E-state index >= 15 is 0 Å². The summed E-state index contributed by atoms with van der Waals surface area (Å²) in [6, 6.07) is 7.44. The molecule has 0 radical (unpaired) electrons. The van der Waals surface area contributed by atoms with Gasteiger partial charge in [-0.05, 0) is 56.8 Å². The first-order valence-electron chi connectivity index (χ1n) is 13.5. The van der Waals surface area contributed by atoms with Gasteiger partial charge in [0.25, 0.3) is 11.7 Å². The summed E-state index contributed by atoms with van der Waals surface area (Å²) >= 11 is 0. The fraction of sp³-hybridized carbons (Fsp3) is 0.467. The van der Waals surface area contributed by atoms with Gasteiger partial charge in [0.15, 0.2) is 11.5 Å². The summed E-state index contributed by atoms with van der Waals surface area (Å²) < 4.78 is 28.0. The van der Waals surface area contributed by atoms with Crippen LogP contribution in [0.3, 0.4) is 0 Å². The van der Waals surface area contributed by atoms with Gasteiger partial charge in [-0.1, -0.05) is 13.8 Å². The SMILES string of the molecule is CCOc1ccc(/C(O)=C2\C(=O)C(=O)N(CCN(CC)CC)C2c2cc(OC)c(OC)c(OC)c2)c(OCC)c1. The molecule has 2 aromatic carbocycles. The van der Waals surface area contributed by atoms with Crippen LogP contribution >= 0.6 is 0 Å². The van der Waals surface area contributed by atoms with Crippen LogP contribution in [0.2, 0.25) is 0 Å². The number of nitrogens with zero attached hydrogens (tertiary/aromatic N) is 2. The van der Waals surface area contributed by atoms with E-state index < -0.39 is 17.7 Å². The zero-order chi connectivity index (χ0) is 29.4. The summed E-state index contributed by atoms with van der Waals surface area (Å²) in [4.78, 5) is 30.7. The summed E-state index contributed by atoms with van der Waals surface area (Å²) in [7, 11) is 4.48. The van der Waals surface area contributed by atoms with Crippen LogP contribution in [0.15, 0.2) is 35.9 Å². The second kappa shape index (κ2) is 13.9. The number of rotatable bonds is 14. The smallest absolute Gasteiger partial charge is 0.295 e. The average molecular weight is 557 g/mol. The van der Waals surface area contributed by atoms with Crippen molar-refractivity contribution in [3.05, 3.63) is 47.0 Å². The molecule has 10 heteroatoms. The highest BCUT2D eigenvalue weighted by Crippen LogP contribution is 2.46. The van der Waals surface area contributed by atoms with Gasteiger partial charge in [0, 0.05) is 19.2 Å². The molecule has 0 spiro atoms. The number of aliphatic hydroxyl groups is 1. The van der Waals surface area contributed by atoms with Gasteiger partial charge in [0.1, 0.15) is 17.3 Å².